The van der Waals surface area contributed by atoms with Gasteiger partial charge in [0.1, 0.15) is 6.04 Å². The quantitative estimate of drug-likeness (QED) is 0.364. The van der Waals surface area contributed by atoms with E-state index in [0.29, 0.717) is 26.8 Å². The van der Waals surface area contributed by atoms with Crippen LogP contribution in [0.5, 0.6) is 0 Å². The van der Waals surface area contributed by atoms with Crippen molar-refractivity contribution in [3.63, 3.8) is 0 Å². The first kappa shape index (κ1) is 19.2. The van der Waals surface area contributed by atoms with Crippen LogP contribution in [0.15, 0.2) is 78.9 Å². The highest BCUT2D eigenvalue weighted by atomic mass is 35.5. The number of rotatable bonds is 3. The number of benzene rings is 3. The lowest BCUT2D eigenvalue weighted by atomic mass is 10.0. The summed E-state index contributed by atoms with van der Waals surface area (Å²) in [6.45, 7) is 0. The Morgan fingerprint density at radius 3 is 2.07 bits per heavy atom. The highest BCUT2D eigenvalue weighted by molar-refractivity contribution is 6.31. The molecule has 0 unspecified atom stereocenters. The Labute approximate surface area is 188 Å². The van der Waals surface area contributed by atoms with Gasteiger partial charge >= 0.3 is 0 Å². The summed E-state index contributed by atoms with van der Waals surface area (Å²) < 4.78 is 1.85. The molecule has 1 atom stereocenters. The number of hydrogen-bond donors (Lipinski definition) is 1. The normalized spacial score (nSPS) is 15.3. The van der Waals surface area contributed by atoms with Gasteiger partial charge in [-0.1, -0.05) is 65.1 Å². The maximum absolute atomic E-state index is 6.54. The lowest BCUT2D eigenvalue weighted by Gasteiger charge is -2.25. The molecular formula is C23H15Cl3N4. The van der Waals surface area contributed by atoms with Crippen molar-refractivity contribution in [3.8, 4) is 11.4 Å². The summed E-state index contributed by atoms with van der Waals surface area (Å²) in [5, 5.41) is 10.2. The number of allylic oxidation sites excluding steroid dienone is 1. The summed E-state index contributed by atoms with van der Waals surface area (Å²) in [5.41, 5.74) is 3.74. The Hall–Kier alpha value is -2.79. The lowest BCUT2D eigenvalue weighted by molar-refractivity contribution is 0.613. The standard InChI is InChI=1S/C23H15Cl3N4/c24-16-9-5-14(6-10-16)20-13-21(18-3-1-2-4-19(18)26)30-23(27-20)28-22(29-30)15-7-11-17(25)12-8-15/h1-13,21H,(H,27,28,29)/t21-/m1/s1. The number of anilines is 1. The van der Waals surface area contributed by atoms with Gasteiger partial charge in [0.2, 0.25) is 5.95 Å². The zero-order valence-electron chi connectivity index (χ0n) is 15.6. The Kier molecular flexibility index (Phi) is 4.99. The molecule has 0 saturated heterocycles. The van der Waals surface area contributed by atoms with Gasteiger partial charge in [-0.05, 0) is 59.7 Å². The van der Waals surface area contributed by atoms with E-state index >= 15 is 0 Å². The van der Waals surface area contributed by atoms with Crippen molar-refractivity contribution in [3.05, 3.63) is 105 Å². The van der Waals surface area contributed by atoms with E-state index in [1.807, 2.05) is 77.5 Å². The number of nitrogens with zero attached hydrogens (tertiary/aromatic N) is 3. The molecule has 0 amide bonds. The van der Waals surface area contributed by atoms with Crippen LogP contribution in [0, 0.1) is 0 Å². The van der Waals surface area contributed by atoms with Crippen molar-refractivity contribution in [2.24, 2.45) is 0 Å². The Bertz CT molecular complexity index is 1240. The van der Waals surface area contributed by atoms with Crippen molar-refractivity contribution < 1.29 is 0 Å². The molecule has 4 nitrogen and oxygen atoms in total. The maximum Gasteiger partial charge on any atom is 0.227 e. The zero-order valence-corrected chi connectivity index (χ0v) is 17.8. The largest absolute Gasteiger partial charge is 0.324 e. The van der Waals surface area contributed by atoms with Crippen LogP contribution >= 0.6 is 34.8 Å². The second-order valence-electron chi connectivity index (χ2n) is 6.89. The van der Waals surface area contributed by atoms with Crippen LogP contribution < -0.4 is 5.32 Å². The molecule has 1 aliphatic rings. The predicted molar refractivity (Wildman–Crippen MR) is 123 cm³/mol. The van der Waals surface area contributed by atoms with Crippen LogP contribution in [-0.4, -0.2) is 14.8 Å². The van der Waals surface area contributed by atoms with Crippen LogP contribution in [-0.2, 0) is 0 Å². The van der Waals surface area contributed by atoms with Gasteiger partial charge in [-0.3, -0.25) is 0 Å². The van der Waals surface area contributed by atoms with E-state index in [1.54, 1.807) is 0 Å². The first-order chi connectivity index (χ1) is 14.6. The fourth-order valence-electron chi connectivity index (χ4n) is 3.45. The summed E-state index contributed by atoms with van der Waals surface area (Å²) in [6.07, 6.45) is 2.10. The van der Waals surface area contributed by atoms with Crippen LogP contribution in [0.4, 0.5) is 5.95 Å². The minimum atomic E-state index is -0.214. The molecule has 7 heteroatoms. The summed E-state index contributed by atoms with van der Waals surface area (Å²) in [7, 11) is 0. The molecule has 3 aromatic carbocycles. The Morgan fingerprint density at radius 1 is 0.767 bits per heavy atom. The van der Waals surface area contributed by atoms with Crippen molar-refractivity contribution >= 4 is 46.4 Å². The minimum Gasteiger partial charge on any atom is -0.324 e. The number of halogens is 3. The van der Waals surface area contributed by atoms with E-state index in [9.17, 15) is 0 Å². The summed E-state index contributed by atoms with van der Waals surface area (Å²) in [5.74, 6) is 1.24. The van der Waals surface area contributed by atoms with E-state index < -0.39 is 0 Å². The second-order valence-corrected chi connectivity index (χ2v) is 8.17. The van der Waals surface area contributed by atoms with Gasteiger partial charge in [0.25, 0.3) is 0 Å². The SMILES string of the molecule is Clc1ccc(C2=C[C@H](c3ccccc3Cl)n3nc(-c4ccc(Cl)cc4)nc3N2)cc1. The van der Waals surface area contributed by atoms with Crippen molar-refractivity contribution in [1.29, 1.82) is 0 Å². The third kappa shape index (κ3) is 3.58. The second kappa shape index (κ2) is 7.80. The number of aromatic nitrogens is 3. The number of nitrogens with one attached hydrogen (secondary N) is 1. The fourth-order valence-corrected chi connectivity index (χ4v) is 3.95. The third-order valence-electron chi connectivity index (χ3n) is 4.95. The molecule has 1 N–H and O–H groups in total. The molecule has 0 saturated carbocycles. The van der Waals surface area contributed by atoms with Crippen molar-refractivity contribution in [2.45, 2.75) is 6.04 Å². The van der Waals surface area contributed by atoms with Gasteiger partial charge in [-0.15, -0.1) is 5.10 Å². The lowest BCUT2D eigenvalue weighted by Crippen LogP contribution is -2.20. The molecule has 1 aliphatic heterocycles. The van der Waals surface area contributed by atoms with Gasteiger partial charge in [-0.2, -0.15) is 4.98 Å². The molecule has 30 heavy (non-hydrogen) atoms. The van der Waals surface area contributed by atoms with Gasteiger partial charge < -0.3 is 5.32 Å². The van der Waals surface area contributed by atoms with Gasteiger partial charge in [0.15, 0.2) is 5.82 Å². The molecule has 4 aromatic rings. The molecule has 0 bridgehead atoms. The third-order valence-corrected chi connectivity index (χ3v) is 5.80. The molecule has 0 radical (unpaired) electrons. The summed E-state index contributed by atoms with van der Waals surface area (Å²) in [4.78, 5) is 4.74. The average Bonchev–Trinajstić information content (AvgIpc) is 3.19. The molecular weight excluding hydrogens is 439 g/mol. The van der Waals surface area contributed by atoms with Crippen molar-refractivity contribution in [1.82, 2.24) is 14.8 Å². The first-order valence-corrected chi connectivity index (χ1v) is 10.4. The molecule has 0 spiro atoms. The van der Waals surface area contributed by atoms with Crippen molar-refractivity contribution in [2.75, 3.05) is 5.32 Å². The maximum atomic E-state index is 6.54. The first-order valence-electron chi connectivity index (χ1n) is 9.30. The fraction of sp³-hybridized carbons (Fsp3) is 0.0435. The average molecular weight is 454 g/mol. The molecule has 148 valence electrons. The topological polar surface area (TPSA) is 42.7 Å². The molecule has 5 rings (SSSR count). The van der Waals surface area contributed by atoms with Crippen LogP contribution in [0.1, 0.15) is 17.2 Å². The van der Waals surface area contributed by atoms with Gasteiger partial charge in [0, 0.05) is 26.3 Å². The van der Waals surface area contributed by atoms with Gasteiger partial charge in [0.05, 0.1) is 0 Å². The van der Waals surface area contributed by atoms with Crippen LogP contribution in [0.25, 0.3) is 17.1 Å². The van der Waals surface area contributed by atoms with E-state index in [-0.39, 0.29) is 6.04 Å². The van der Waals surface area contributed by atoms with Crippen LogP contribution in [0.2, 0.25) is 15.1 Å². The molecule has 0 fully saturated rings. The summed E-state index contributed by atoms with van der Waals surface area (Å²) in [6, 6.07) is 22.7. The Morgan fingerprint density at radius 2 is 1.40 bits per heavy atom. The van der Waals surface area contributed by atoms with E-state index in [4.69, 9.17) is 44.9 Å². The number of hydrogen-bond acceptors (Lipinski definition) is 3. The minimum absolute atomic E-state index is 0.214. The predicted octanol–water partition coefficient (Wildman–Crippen LogP) is 6.96. The van der Waals surface area contributed by atoms with E-state index in [0.717, 1.165) is 22.4 Å². The molecule has 2 heterocycles. The van der Waals surface area contributed by atoms with E-state index in [2.05, 4.69) is 11.4 Å². The monoisotopic (exact) mass is 452 g/mol. The van der Waals surface area contributed by atoms with E-state index in [1.165, 1.54) is 0 Å². The highest BCUT2D eigenvalue weighted by Crippen LogP contribution is 2.36. The highest BCUT2D eigenvalue weighted by Gasteiger charge is 2.27. The summed E-state index contributed by atoms with van der Waals surface area (Å²) >= 11 is 18.6. The van der Waals surface area contributed by atoms with Crippen LogP contribution in [0.3, 0.4) is 0 Å². The number of fused-ring (bicyclic) bond motifs is 1. The molecule has 1 aromatic heterocycles. The molecule has 0 aliphatic carbocycles. The van der Waals surface area contributed by atoms with Gasteiger partial charge in [-0.25, -0.2) is 4.68 Å². The zero-order chi connectivity index (χ0) is 20.7. The Balaban J connectivity index is 1.64. The smallest absolute Gasteiger partial charge is 0.227 e.